The molecule has 1 heterocycles. The average Bonchev–Trinajstić information content (AvgIpc) is 2.47. The number of aliphatic hydroxyl groups is 1. The summed E-state index contributed by atoms with van der Waals surface area (Å²) in [5.41, 5.74) is 2.07. The molecule has 0 unspecified atom stereocenters. The minimum Gasteiger partial charge on any atom is -0.496 e. The van der Waals surface area contributed by atoms with Crippen molar-refractivity contribution >= 4 is 5.91 Å². The van der Waals surface area contributed by atoms with E-state index in [-0.39, 0.29) is 12.0 Å². The third kappa shape index (κ3) is 4.45. The molecule has 1 aliphatic heterocycles. The second-order valence-corrected chi connectivity index (χ2v) is 6.02. The van der Waals surface area contributed by atoms with E-state index in [2.05, 4.69) is 4.90 Å². The fourth-order valence-corrected chi connectivity index (χ4v) is 2.87. The molecule has 1 fully saturated rings. The first-order valence-electron chi connectivity index (χ1n) is 7.81. The van der Waals surface area contributed by atoms with Crippen molar-refractivity contribution in [3.05, 3.63) is 29.3 Å². The Morgan fingerprint density at radius 1 is 1.32 bits per heavy atom. The van der Waals surface area contributed by atoms with E-state index in [1.807, 2.05) is 30.0 Å². The second-order valence-electron chi connectivity index (χ2n) is 6.02. The summed E-state index contributed by atoms with van der Waals surface area (Å²) in [5, 5.41) is 9.42. The molecule has 1 N–H and O–H groups in total. The number of rotatable bonds is 5. The molecule has 122 valence electrons. The summed E-state index contributed by atoms with van der Waals surface area (Å²) in [6, 6.07) is 5.92. The molecular formula is C17H26N2O3. The molecule has 1 saturated heterocycles. The molecule has 0 spiro atoms. The van der Waals surface area contributed by atoms with Crippen LogP contribution in [0.2, 0.25) is 0 Å². The smallest absolute Gasteiger partial charge is 0.227 e. The van der Waals surface area contributed by atoms with E-state index in [0.717, 1.165) is 43.1 Å². The summed E-state index contributed by atoms with van der Waals surface area (Å²) in [4.78, 5) is 16.6. The van der Waals surface area contributed by atoms with Crippen molar-refractivity contribution < 1.29 is 14.6 Å². The Morgan fingerprint density at radius 3 is 2.59 bits per heavy atom. The van der Waals surface area contributed by atoms with Gasteiger partial charge in [-0.05, 0) is 19.9 Å². The van der Waals surface area contributed by atoms with Gasteiger partial charge in [-0.1, -0.05) is 17.7 Å². The molecule has 1 amide bonds. The monoisotopic (exact) mass is 306 g/mol. The molecule has 0 bridgehead atoms. The molecule has 0 aromatic heterocycles. The van der Waals surface area contributed by atoms with Gasteiger partial charge in [0.25, 0.3) is 0 Å². The highest BCUT2D eigenvalue weighted by molar-refractivity contribution is 5.79. The maximum atomic E-state index is 12.5. The SMILES string of the molecule is COc1ccc(C)cc1CC(=O)N1CCN(C[C@H](C)O)CC1. The van der Waals surface area contributed by atoms with Gasteiger partial charge in [-0.15, -0.1) is 0 Å². The van der Waals surface area contributed by atoms with Crippen LogP contribution in [0.3, 0.4) is 0 Å². The van der Waals surface area contributed by atoms with E-state index in [4.69, 9.17) is 4.74 Å². The predicted octanol–water partition coefficient (Wildman–Crippen LogP) is 1.07. The number of amides is 1. The van der Waals surface area contributed by atoms with Crippen LogP contribution in [0.15, 0.2) is 18.2 Å². The van der Waals surface area contributed by atoms with Gasteiger partial charge in [0, 0.05) is 38.3 Å². The van der Waals surface area contributed by atoms with Gasteiger partial charge >= 0.3 is 0 Å². The van der Waals surface area contributed by atoms with E-state index in [1.54, 1.807) is 14.0 Å². The van der Waals surface area contributed by atoms with Crippen LogP contribution in [0.5, 0.6) is 5.75 Å². The number of hydrogen-bond acceptors (Lipinski definition) is 4. The predicted molar refractivity (Wildman–Crippen MR) is 86.1 cm³/mol. The van der Waals surface area contributed by atoms with Crippen LogP contribution in [0.25, 0.3) is 0 Å². The third-order valence-corrected chi connectivity index (χ3v) is 4.02. The normalized spacial score (nSPS) is 17.4. The second kappa shape index (κ2) is 7.61. The van der Waals surface area contributed by atoms with Crippen LogP contribution in [0.4, 0.5) is 0 Å². The Bertz CT molecular complexity index is 509. The summed E-state index contributed by atoms with van der Waals surface area (Å²) in [6.45, 7) is 7.57. The summed E-state index contributed by atoms with van der Waals surface area (Å²) >= 11 is 0. The average molecular weight is 306 g/mol. The standard InChI is InChI=1S/C17H26N2O3/c1-13-4-5-16(22-3)15(10-13)11-17(21)19-8-6-18(7-9-19)12-14(2)20/h4-5,10,14,20H,6-9,11-12H2,1-3H3/t14-/m0/s1. The van der Waals surface area contributed by atoms with Gasteiger partial charge in [-0.2, -0.15) is 0 Å². The third-order valence-electron chi connectivity index (χ3n) is 4.02. The molecule has 5 nitrogen and oxygen atoms in total. The zero-order valence-electron chi connectivity index (χ0n) is 13.7. The zero-order chi connectivity index (χ0) is 16.1. The Hall–Kier alpha value is -1.59. The fourth-order valence-electron chi connectivity index (χ4n) is 2.87. The van der Waals surface area contributed by atoms with E-state index < -0.39 is 0 Å². The van der Waals surface area contributed by atoms with Crippen LogP contribution >= 0.6 is 0 Å². The Kier molecular flexibility index (Phi) is 5.80. The number of aryl methyl sites for hydroxylation is 1. The van der Waals surface area contributed by atoms with Crippen LogP contribution < -0.4 is 4.74 Å². The number of hydrogen-bond donors (Lipinski definition) is 1. The molecule has 5 heteroatoms. The first-order valence-corrected chi connectivity index (χ1v) is 7.81. The summed E-state index contributed by atoms with van der Waals surface area (Å²) in [5.74, 6) is 0.910. The van der Waals surface area contributed by atoms with Crippen molar-refractivity contribution in [1.29, 1.82) is 0 Å². The van der Waals surface area contributed by atoms with Crippen molar-refractivity contribution in [3.8, 4) is 5.75 Å². The molecule has 1 aromatic carbocycles. The lowest BCUT2D eigenvalue weighted by Crippen LogP contribution is -2.50. The van der Waals surface area contributed by atoms with Crippen LogP contribution in [0.1, 0.15) is 18.1 Å². The lowest BCUT2D eigenvalue weighted by atomic mass is 10.1. The first-order chi connectivity index (χ1) is 10.5. The van der Waals surface area contributed by atoms with Gasteiger partial charge in [-0.25, -0.2) is 0 Å². The maximum absolute atomic E-state index is 12.5. The van der Waals surface area contributed by atoms with Gasteiger partial charge in [0.1, 0.15) is 5.75 Å². The van der Waals surface area contributed by atoms with Crippen LogP contribution in [-0.2, 0) is 11.2 Å². The Labute approximate surface area is 132 Å². The van der Waals surface area contributed by atoms with Crippen LogP contribution in [-0.4, -0.2) is 66.8 Å². The molecule has 0 radical (unpaired) electrons. The number of ether oxygens (including phenoxy) is 1. The number of benzene rings is 1. The Morgan fingerprint density at radius 2 is 2.00 bits per heavy atom. The quantitative estimate of drug-likeness (QED) is 0.884. The van der Waals surface area contributed by atoms with Crippen molar-refractivity contribution in [1.82, 2.24) is 9.80 Å². The lowest BCUT2D eigenvalue weighted by molar-refractivity contribution is -0.132. The summed E-state index contributed by atoms with van der Waals surface area (Å²) < 4.78 is 5.34. The van der Waals surface area contributed by atoms with Gasteiger partial charge < -0.3 is 14.7 Å². The van der Waals surface area contributed by atoms with Crippen LogP contribution in [0, 0.1) is 6.92 Å². The molecule has 0 saturated carbocycles. The van der Waals surface area contributed by atoms with E-state index >= 15 is 0 Å². The fraction of sp³-hybridized carbons (Fsp3) is 0.588. The number of aliphatic hydroxyl groups excluding tert-OH is 1. The number of methoxy groups -OCH3 is 1. The minimum absolute atomic E-state index is 0.139. The topological polar surface area (TPSA) is 53.0 Å². The largest absolute Gasteiger partial charge is 0.496 e. The Balaban J connectivity index is 1.92. The molecule has 1 aromatic rings. The van der Waals surface area contributed by atoms with Gasteiger partial charge in [0.2, 0.25) is 5.91 Å². The van der Waals surface area contributed by atoms with Gasteiger partial charge in [0.05, 0.1) is 19.6 Å². The van der Waals surface area contributed by atoms with Gasteiger partial charge in [0.15, 0.2) is 0 Å². The van der Waals surface area contributed by atoms with E-state index in [1.165, 1.54) is 0 Å². The number of nitrogens with zero attached hydrogens (tertiary/aromatic N) is 2. The van der Waals surface area contributed by atoms with Gasteiger partial charge in [-0.3, -0.25) is 9.69 Å². The number of carbonyl (C=O) groups is 1. The summed E-state index contributed by atoms with van der Waals surface area (Å²) in [6.07, 6.45) is 0.0557. The van der Waals surface area contributed by atoms with Crippen molar-refractivity contribution in [2.24, 2.45) is 0 Å². The van der Waals surface area contributed by atoms with Crippen molar-refractivity contribution in [2.75, 3.05) is 39.8 Å². The zero-order valence-corrected chi connectivity index (χ0v) is 13.7. The molecule has 2 rings (SSSR count). The van der Waals surface area contributed by atoms with E-state index in [9.17, 15) is 9.90 Å². The molecule has 1 aliphatic rings. The maximum Gasteiger partial charge on any atom is 0.227 e. The van der Waals surface area contributed by atoms with Crippen molar-refractivity contribution in [2.45, 2.75) is 26.4 Å². The van der Waals surface area contributed by atoms with Crippen molar-refractivity contribution in [3.63, 3.8) is 0 Å². The highest BCUT2D eigenvalue weighted by Crippen LogP contribution is 2.21. The lowest BCUT2D eigenvalue weighted by Gasteiger charge is -2.35. The molecule has 0 aliphatic carbocycles. The number of piperazine rings is 1. The minimum atomic E-state index is -0.321. The summed E-state index contributed by atoms with van der Waals surface area (Å²) in [7, 11) is 1.63. The number of β-amino-alcohol motifs (C(OH)–C–C–N with tert-alkyl or cyclic N) is 1. The number of carbonyl (C=O) groups excluding carboxylic acids is 1. The van der Waals surface area contributed by atoms with E-state index in [0.29, 0.717) is 13.0 Å². The molecule has 22 heavy (non-hydrogen) atoms. The highest BCUT2D eigenvalue weighted by atomic mass is 16.5. The molecular weight excluding hydrogens is 280 g/mol. The highest BCUT2D eigenvalue weighted by Gasteiger charge is 2.22. The molecule has 1 atom stereocenters. The first kappa shape index (κ1) is 16.8.